The molecule has 0 saturated carbocycles. The summed E-state index contributed by atoms with van der Waals surface area (Å²) in [7, 11) is 0. The molecular formula is C69H60N6. The first-order valence-corrected chi connectivity index (χ1v) is 26.3. The van der Waals surface area contributed by atoms with E-state index >= 15 is 0 Å². The molecule has 0 unspecified atom stereocenters. The second-order valence-electron chi connectivity index (χ2n) is 21.2. The molecule has 0 aliphatic rings. The third-order valence-corrected chi connectivity index (χ3v) is 17.0. The van der Waals surface area contributed by atoms with Gasteiger partial charge in [0, 0.05) is 60.1 Å². The summed E-state index contributed by atoms with van der Waals surface area (Å²) < 4.78 is 7.65. The zero-order chi connectivity index (χ0) is 51.9. The van der Waals surface area contributed by atoms with E-state index in [1.54, 1.807) is 0 Å². The molecule has 13 aromatic rings. The van der Waals surface area contributed by atoms with E-state index in [2.05, 4.69) is 229 Å². The first kappa shape index (κ1) is 46.2. The van der Waals surface area contributed by atoms with E-state index in [4.69, 9.17) is 15.0 Å². The van der Waals surface area contributed by atoms with Gasteiger partial charge >= 0.3 is 0 Å². The van der Waals surface area contributed by atoms with Gasteiger partial charge in [0.05, 0.1) is 50.2 Å². The quantitative estimate of drug-likeness (QED) is 0.167. The van der Waals surface area contributed by atoms with Gasteiger partial charge in [-0.2, -0.15) is 0 Å². The van der Waals surface area contributed by atoms with Crippen molar-refractivity contribution in [2.75, 3.05) is 0 Å². The van der Waals surface area contributed by atoms with Crippen LogP contribution in [0.2, 0.25) is 0 Å². The molecule has 0 atom stereocenters. The molecule has 4 aromatic heterocycles. The normalized spacial score (nSPS) is 12.0. The lowest BCUT2D eigenvalue weighted by Crippen LogP contribution is -2.08. The average Bonchev–Trinajstić information content (AvgIpc) is 4.07. The molecule has 6 heteroatoms. The van der Waals surface area contributed by atoms with Gasteiger partial charge in [0.25, 0.3) is 0 Å². The molecule has 9 aromatic carbocycles. The van der Waals surface area contributed by atoms with Crippen LogP contribution in [0.25, 0.3) is 116 Å². The van der Waals surface area contributed by atoms with E-state index in [0.717, 1.165) is 66.9 Å². The Labute approximate surface area is 438 Å². The maximum absolute atomic E-state index is 5.15. The maximum Gasteiger partial charge on any atom is 0.163 e. The van der Waals surface area contributed by atoms with Crippen LogP contribution >= 0.6 is 0 Å². The van der Waals surface area contributed by atoms with Gasteiger partial charge in [-0.25, -0.2) is 15.0 Å². The van der Waals surface area contributed by atoms with Crippen LogP contribution in [0.4, 0.5) is 0 Å². The molecule has 4 heterocycles. The Morgan fingerprint density at radius 3 is 1.15 bits per heavy atom. The molecule has 75 heavy (non-hydrogen) atoms. The summed E-state index contributed by atoms with van der Waals surface area (Å²) in [4.78, 5) is 15.0. The van der Waals surface area contributed by atoms with Crippen LogP contribution in [0.3, 0.4) is 0 Å². The Morgan fingerprint density at radius 1 is 0.307 bits per heavy atom. The molecule has 13 rings (SSSR count). The molecular weight excluding hydrogens is 913 g/mol. The molecule has 0 spiro atoms. The Balaban J connectivity index is 1.30. The lowest BCUT2D eigenvalue weighted by Gasteiger charge is -2.25. The number of hydrogen-bond acceptors (Lipinski definition) is 3. The predicted octanol–water partition coefficient (Wildman–Crippen LogP) is 17.9. The fraction of sp³-hybridized carbons (Fsp3) is 0.174. The van der Waals surface area contributed by atoms with Crippen molar-refractivity contribution in [3.63, 3.8) is 0 Å². The van der Waals surface area contributed by atoms with Gasteiger partial charge in [0.2, 0.25) is 0 Å². The fourth-order valence-electron chi connectivity index (χ4n) is 12.7. The summed E-state index contributed by atoms with van der Waals surface area (Å²) in [6, 6.07) is 54.3. The summed E-state index contributed by atoms with van der Waals surface area (Å²) in [6.45, 7) is 26.9. The number of rotatable bonds is 6. The molecule has 0 aliphatic heterocycles. The van der Waals surface area contributed by atoms with Crippen molar-refractivity contribution in [1.82, 2.24) is 28.7 Å². The first-order valence-electron chi connectivity index (χ1n) is 26.3. The van der Waals surface area contributed by atoms with Gasteiger partial charge in [-0.05, 0) is 188 Å². The van der Waals surface area contributed by atoms with Crippen LogP contribution in [0.1, 0.15) is 67.3 Å². The summed E-state index contributed by atoms with van der Waals surface area (Å²) in [5.74, 6) is 2.01. The predicted molar refractivity (Wildman–Crippen MR) is 316 cm³/mol. The SMILES string of the molecule is Cc1ccc2c(c1)c1ccccc1n2-c1ccccc1-c1cc(-c2nc(C)nc(C)n2)cc(-c2ccccc2-n2c3ccccc3c3cc(C)ccc32)c1-n1c2c(C)c(C)c(C)c(C)c2c2c(C)c(C)c(C)c(C)c21. The van der Waals surface area contributed by atoms with Gasteiger partial charge in [0.15, 0.2) is 5.82 Å². The topological polar surface area (TPSA) is 53.5 Å². The van der Waals surface area contributed by atoms with Gasteiger partial charge in [-0.3, -0.25) is 0 Å². The first-order chi connectivity index (χ1) is 36.2. The Hall–Kier alpha value is -8.61. The van der Waals surface area contributed by atoms with Gasteiger partial charge in [-0.15, -0.1) is 0 Å². The van der Waals surface area contributed by atoms with E-state index in [-0.39, 0.29) is 0 Å². The van der Waals surface area contributed by atoms with Crippen LogP contribution in [0.15, 0.2) is 146 Å². The highest BCUT2D eigenvalue weighted by molar-refractivity contribution is 6.18. The number of para-hydroxylation sites is 4. The summed E-state index contributed by atoms with van der Waals surface area (Å²) in [6.07, 6.45) is 0. The average molecular weight is 973 g/mol. The second kappa shape index (κ2) is 17.0. The number of aromatic nitrogens is 6. The van der Waals surface area contributed by atoms with E-state index in [1.165, 1.54) is 99.0 Å². The zero-order valence-corrected chi connectivity index (χ0v) is 45.0. The molecule has 6 nitrogen and oxygen atoms in total. The van der Waals surface area contributed by atoms with Gasteiger partial charge in [-0.1, -0.05) is 96.1 Å². The third-order valence-electron chi connectivity index (χ3n) is 17.0. The molecule has 0 bridgehead atoms. The Morgan fingerprint density at radius 2 is 0.693 bits per heavy atom. The Kier molecular flexibility index (Phi) is 10.5. The van der Waals surface area contributed by atoms with Crippen LogP contribution < -0.4 is 0 Å². The smallest absolute Gasteiger partial charge is 0.163 e. The van der Waals surface area contributed by atoms with E-state index in [0.29, 0.717) is 17.5 Å². The fourth-order valence-corrected chi connectivity index (χ4v) is 12.7. The van der Waals surface area contributed by atoms with Crippen molar-refractivity contribution >= 4 is 65.4 Å². The highest BCUT2D eigenvalue weighted by atomic mass is 15.0. The van der Waals surface area contributed by atoms with E-state index in [1.807, 2.05) is 13.8 Å². The largest absolute Gasteiger partial charge is 0.309 e. The van der Waals surface area contributed by atoms with E-state index < -0.39 is 0 Å². The zero-order valence-electron chi connectivity index (χ0n) is 45.0. The molecule has 0 fully saturated rings. The van der Waals surface area contributed by atoms with Crippen molar-refractivity contribution in [3.05, 3.63) is 213 Å². The molecule has 0 saturated heterocycles. The van der Waals surface area contributed by atoms with Gasteiger partial charge < -0.3 is 13.7 Å². The number of fused-ring (bicyclic) bond motifs is 9. The summed E-state index contributed by atoms with van der Waals surface area (Å²) >= 11 is 0. The number of nitrogens with zero attached hydrogens (tertiary/aromatic N) is 6. The van der Waals surface area contributed by atoms with Crippen LogP contribution in [0, 0.1) is 83.1 Å². The van der Waals surface area contributed by atoms with Gasteiger partial charge in [0.1, 0.15) is 11.6 Å². The number of aryl methyl sites for hydroxylation is 8. The van der Waals surface area contributed by atoms with Crippen molar-refractivity contribution in [1.29, 1.82) is 0 Å². The molecule has 0 N–H and O–H groups in total. The molecule has 366 valence electrons. The van der Waals surface area contributed by atoms with Crippen molar-refractivity contribution in [2.24, 2.45) is 0 Å². The second-order valence-corrected chi connectivity index (χ2v) is 21.2. The number of benzene rings is 9. The molecule has 0 radical (unpaired) electrons. The van der Waals surface area contributed by atoms with Crippen LogP contribution in [-0.4, -0.2) is 28.7 Å². The standard InChI is InChI=1S/C69H60N6/c1-37-29-31-62-54(33-37)50-21-13-17-25-58(50)73(62)60-27-19-15-23-52(60)56-35-49(69-71-47(11)70-48(12)72-69)36-57(53-24-16-20-28-61(53)74-59-26-18-14-22-51(59)55-34-38(2)30-32-63(55)74)68(56)75-66-45(9)41(5)39(3)43(7)64(66)65-44(8)40(4)42(6)46(10)67(65)75/h13-36H,1-12H3. The Bertz CT molecular complexity index is 4330. The maximum atomic E-state index is 5.15. The monoisotopic (exact) mass is 972 g/mol. The third kappa shape index (κ3) is 6.74. The minimum Gasteiger partial charge on any atom is -0.309 e. The lowest BCUT2D eigenvalue weighted by molar-refractivity contribution is 0.928. The summed E-state index contributed by atoms with van der Waals surface area (Å²) in [5, 5.41) is 7.55. The summed E-state index contributed by atoms with van der Waals surface area (Å²) in [5.41, 5.74) is 28.6. The van der Waals surface area contributed by atoms with Crippen LogP contribution in [0.5, 0.6) is 0 Å². The molecule has 0 aliphatic carbocycles. The van der Waals surface area contributed by atoms with Crippen molar-refractivity contribution < 1.29 is 0 Å². The van der Waals surface area contributed by atoms with Crippen molar-refractivity contribution in [3.8, 4) is 50.7 Å². The lowest BCUT2D eigenvalue weighted by atomic mass is 9.90. The van der Waals surface area contributed by atoms with E-state index in [9.17, 15) is 0 Å². The van der Waals surface area contributed by atoms with Crippen molar-refractivity contribution in [2.45, 2.75) is 83.1 Å². The highest BCUT2D eigenvalue weighted by Gasteiger charge is 2.30. The minimum absolute atomic E-state index is 0.642. The van der Waals surface area contributed by atoms with Crippen LogP contribution in [-0.2, 0) is 0 Å². The number of hydrogen-bond donors (Lipinski definition) is 0. The minimum atomic E-state index is 0.642. The highest BCUT2D eigenvalue weighted by Crippen LogP contribution is 2.51. The molecule has 0 amide bonds.